The average Bonchev–Trinajstić information content (AvgIpc) is 2.92. The van der Waals surface area contributed by atoms with Crippen LogP contribution in [0.5, 0.6) is 0 Å². The molecule has 3 rings (SSSR count). The number of fused-ring (bicyclic) bond motifs is 1. The Morgan fingerprint density at radius 2 is 1.90 bits per heavy atom. The van der Waals surface area contributed by atoms with E-state index in [9.17, 15) is 22.8 Å². The van der Waals surface area contributed by atoms with Crippen molar-refractivity contribution < 1.29 is 27.5 Å². The standard InChI is InChI=1S/C11H4F3N3O3/c12-11(13,14)5-2-1-3-6(4-5)17-8-7(15-16-17)9(18)20-10(8)19/h1-4H. The molecule has 0 atom stereocenters. The number of ether oxygens (including phenoxy) is 1. The van der Waals surface area contributed by atoms with E-state index in [1.54, 1.807) is 0 Å². The molecule has 0 spiro atoms. The predicted octanol–water partition coefficient (Wildman–Crippen LogP) is 1.60. The largest absolute Gasteiger partial charge is 0.416 e. The summed E-state index contributed by atoms with van der Waals surface area (Å²) in [5, 5.41) is 6.94. The number of nitrogens with zero attached hydrogens (tertiary/aromatic N) is 3. The van der Waals surface area contributed by atoms with Crippen LogP contribution >= 0.6 is 0 Å². The molecule has 0 saturated heterocycles. The zero-order valence-corrected chi connectivity index (χ0v) is 9.51. The third kappa shape index (κ3) is 1.75. The van der Waals surface area contributed by atoms with Crippen LogP contribution in [0.15, 0.2) is 24.3 Å². The summed E-state index contributed by atoms with van der Waals surface area (Å²) in [7, 11) is 0. The van der Waals surface area contributed by atoms with Crippen LogP contribution in [0.25, 0.3) is 5.69 Å². The Labute approximate surface area is 108 Å². The number of carbonyl (C=O) groups is 2. The highest BCUT2D eigenvalue weighted by Gasteiger charge is 2.37. The molecule has 1 aromatic carbocycles. The molecule has 9 heteroatoms. The summed E-state index contributed by atoms with van der Waals surface area (Å²) >= 11 is 0. The average molecular weight is 283 g/mol. The van der Waals surface area contributed by atoms with E-state index in [-0.39, 0.29) is 17.1 Å². The van der Waals surface area contributed by atoms with Crippen molar-refractivity contribution in [3.8, 4) is 5.69 Å². The third-order valence-corrected chi connectivity index (χ3v) is 2.66. The van der Waals surface area contributed by atoms with Gasteiger partial charge in [-0.15, -0.1) is 5.10 Å². The fraction of sp³-hybridized carbons (Fsp3) is 0.0909. The van der Waals surface area contributed by atoms with E-state index in [0.717, 1.165) is 22.9 Å². The number of halogens is 3. The molecule has 2 heterocycles. The SMILES string of the molecule is O=C1OC(=O)c2c1nnn2-c1cccc(C(F)(F)F)c1. The highest BCUT2D eigenvalue weighted by atomic mass is 19.4. The van der Waals surface area contributed by atoms with E-state index < -0.39 is 23.7 Å². The first-order chi connectivity index (χ1) is 9.38. The van der Waals surface area contributed by atoms with Gasteiger partial charge in [-0.25, -0.2) is 14.3 Å². The number of alkyl halides is 3. The fourth-order valence-electron chi connectivity index (χ4n) is 1.78. The van der Waals surface area contributed by atoms with Crippen molar-refractivity contribution in [2.75, 3.05) is 0 Å². The fourth-order valence-corrected chi connectivity index (χ4v) is 1.78. The molecule has 0 bridgehead atoms. The molecular formula is C11H4F3N3O3. The summed E-state index contributed by atoms with van der Waals surface area (Å²) in [6.45, 7) is 0. The Morgan fingerprint density at radius 1 is 1.15 bits per heavy atom. The normalized spacial score (nSPS) is 14.3. The summed E-state index contributed by atoms with van der Waals surface area (Å²) in [6.07, 6.45) is -4.53. The summed E-state index contributed by atoms with van der Waals surface area (Å²) < 4.78 is 43.0. The first-order valence-corrected chi connectivity index (χ1v) is 5.28. The van der Waals surface area contributed by atoms with Crippen molar-refractivity contribution in [3.05, 3.63) is 41.2 Å². The van der Waals surface area contributed by atoms with Crippen LogP contribution in [0, 0.1) is 0 Å². The molecule has 102 valence electrons. The Bertz CT molecular complexity index is 736. The highest BCUT2D eigenvalue weighted by Crippen LogP contribution is 2.31. The van der Waals surface area contributed by atoms with E-state index in [1.165, 1.54) is 6.07 Å². The van der Waals surface area contributed by atoms with Crippen LogP contribution in [0.2, 0.25) is 0 Å². The van der Waals surface area contributed by atoms with Gasteiger partial charge >= 0.3 is 18.1 Å². The monoisotopic (exact) mass is 283 g/mol. The van der Waals surface area contributed by atoms with Crippen LogP contribution in [-0.2, 0) is 10.9 Å². The van der Waals surface area contributed by atoms with Gasteiger partial charge in [0.25, 0.3) is 0 Å². The topological polar surface area (TPSA) is 74.1 Å². The minimum absolute atomic E-state index is 0.0415. The van der Waals surface area contributed by atoms with Gasteiger partial charge in [0, 0.05) is 0 Å². The van der Waals surface area contributed by atoms with Crippen molar-refractivity contribution in [2.24, 2.45) is 0 Å². The van der Waals surface area contributed by atoms with E-state index in [0.29, 0.717) is 0 Å². The van der Waals surface area contributed by atoms with Crippen LogP contribution in [0.1, 0.15) is 26.5 Å². The van der Waals surface area contributed by atoms with Crippen molar-refractivity contribution >= 4 is 11.9 Å². The van der Waals surface area contributed by atoms with Gasteiger partial charge in [-0.1, -0.05) is 11.3 Å². The van der Waals surface area contributed by atoms with Gasteiger partial charge in [0.15, 0.2) is 5.69 Å². The number of cyclic esters (lactones) is 2. The van der Waals surface area contributed by atoms with Crippen LogP contribution in [-0.4, -0.2) is 26.9 Å². The molecule has 6 nitrogen and oxygen atoms in total. The Kier molecular flexibility index (Phi) is 2.40. The molecule has 0 amide bonds. The quantitative estimate of drug-likeness (QED) is 0.587. The number of carbonyl (C=O) groups excluding carboxylic acids is 2. The van der Waals surface area contributed by atoms with Crippen molar-refractivity contribution in [1.29, 1.82) is 0 Å². The second-order valence-electron chi connectivity index (χ2n) is 3.92. The second-order valence-corrected chi connectivity index (χ2v) is 3.92. The van der Waals surface area contributed by atoms with Gasteiger partial charge in [0.05, 0.1) is 11.3 Å². The maximum absolute atomic E-state index is 12.6. The molecule has 1 aliphatic heterocycles. The zero-order valence-electron chi connectivity index (χ0n) is 9.51. The van der Waals surface area contributed by atoms with Crippen LogP contribution in [0.3, 0.4) is 0 Å². The second kappa shape index (κ2) is 3.89. The molecule has 0 radical (unpaired) electrons. The number of rotatable bonds is 1. The maximum Gasteiger partial charge on any atom is 0.416 e. The predicted molar refractivity (Wildman–Crippen MR) is 56.1 cm³/mol. The van der Waals surface area contributed by atoms with Gasteiger partial charge in [-0.2, -0.15) is 13.2 Å². The van der Waals surface area contributed by atoms with Crippen LogP contribution < -0.4 is 0 Å². The lowest BCUT2D eigenvalue weighted by Crippen LogP contribution is -2.10. The zero-order chi connectivity index (χ0) is 14.5. The van der Waals surface area contributed by atoms with Gasteiger partial charge in [-0.3, -0.25) is 0 Å². The minimum Gasteiger partial charge on any atom is -0.383 e. The molecule has 0 fully saturated rings. The third-order valence-electron chi connectivity index (χ3n) is 2.66. The number of aromatic nitrogens is 3. The van der Waals surface area contributed by atoms with Gasteiger partial charge in [0.1, 0.15) is 0 Å². The summed E-state index contributed by atoms with van der Waals surface area (Å²) in [5.74, 6) is -1.96. The minimum atomic E-state index is -4.53. The van der Waals surface area contributed by atoms with Gasteiger partial charge < -0.3 is 4.74 Å². The van der Waals surface area contributed by atoms with E-state index in [1.807, 2.05) is 0 Å². The Hall–Kier alpha value is -2.71. The molecule has 0 N–H and O–H groups in total. The Balaban J connectivity index is 2.14. The lowest BCUT2D eigenvalue weighted by Gasteiger charge is -2.08. The first-order valence-electron chi connectivity index (χ1n) is 5.28. The molecule has 0 aliphatic carbocycles. The molecule has 0 unspecified atom stereocenters. The number of esters is 2. The first kappa shape index (κ1) is 12.3. The summed E-state index contributed by atoms with van der Waals surface area (Å²) in [5.41, 5.74) is -1.54. The van der Waals surface area contributed by atoms with E-state index >= 15 is 0 Å². The van der Waals surface area contributed by atoms with E-state index in [2.05, 4.69) is 15.0 Å². The molecular weight excluding hydrogens is 279 g/mol. The molecule has 1 aliphatic rings. The number of benzene rings is 1. The summed E-state index contributed by atoms with van der Waals surface area (Å²) in [6, 6.07) is 4.14. The van der Waals surface area contributed by atoms with Crippen molar-refractivity contribution in [3.63, 3.8) is 0 Å². The molecule has 2 aromatic rings. The van der Waals surface area contributed by atoms with Crippen LogP contribution in [0.4, 0.5) is 13.2 Å². The number of hydrogen-bond acceptors (Lipinski definition) is 5. The van der Waals surface area contributed by atoms with Crippen molar-refractivity contribution in [2.45, 2.75) is 6.18 Å². The lowest BCUT2D eigenvalue weighted by atomic mass is 10.2. The highest BCUT2D eigenvalue weighted by molar-refractivity contribution is 6.12. The lowest BCUT2D eigenvalue weighted by molar-refractivity contribution is -0.137. The number of hydrogen-bond donors (Lipinski definition) is 0. The maximum atomic E-state index is 12.6. The van der Waals surface area contributed by atoms with Gasteiger partial charge in [0.2, 0.25) is 5.69 Å². The molecule has 1 aromatic heterocycles. The molecule has 20 heavy (non-hydrogen) atoms. The van der Waals surface area contributed by atoms with E-state index in [4.69, 9.17) is 0 Å². The van der Waals surface area contributed by atoms with Gasteiger partial charge in [-0.05, 0) is 18.2 Å². The Morgan fingerprint density at radius 3 is 2.60 bits per heavy atom. The van der Waals surface area contributed by atoms with Crippen molar-refractivity contribution in [1.82, 2.24) is 15.0 Å². The summed E-state index contributed by atoms with van der Waals surface area (Å²) in [4.78, 5) is 22.7. The molecule has 0 saturated carbocycles. The smallest absolute Gasteiger partial charge is 0.383 e.